The third-order valence-corrected chi connectivity index (χ3v) is 6.27. The predicted octanol–water partition coefficient (Wildman–Crippen LogP) is 3.42. The molecule has 5 nitrogen and oxygen atoms in total. The summed E-state index contributed by atoms with van der Waals surface area (Å²) in [6, 6.07) is 13.9. The van der Waals surface area contributed by atoms with Crippen LogP contribution in [0.4, 0.5) is 0 Å². The predicted molar refractivity (Wildman–Crippen MR) is 92.3 cm³/mol. The molecule has 23 heavy (non-hydrogen) atoms. The topological polar surface area (TPSA) is 73.1 Å². The lowest BCUT2D eigenvalue weighted by molar-refractivity contribution is 0.466. The molecule has 0 unspecified atom stereocenters. The Morgan fingerprint density at radius 2 is 1.87 bits per heavy atom. The van der Waals surface area contributed by atoms with E-state index in [4.69, 9.17) is 4.42 Å². The molecule has 1 aromatic heterocycles. The molecule has 0 spiro atoms. The van der Waals surface area contributed by atoms with Crippen LogP contribution in [0.15, 0.2) is 52.1 Å². The third-order valence-electron chi connectivity index (χ3n) is 3.49. The lowest BCUT2D eigenvalue weighted by Crippen LogP contribution is -2.10. The Hall–Kier alpha value is -1.86. The minimum Gasteiger partial charge on any atom is -0.411 e. The van der Waals surface area contributed by atoms with E-state index in [-0.39, 0.29) is 11.5 Å². The van der Waals surface area contributed by atoms with Crippen molar-refractivity contribution in [1.82, 2.24) is 10.2 Å². The SMILES string of the molecule is CCS(=O)(=O)CCSc1nnc(-c2cccc3ccccc23)o1. The molecule has 0 aliphatic carbocycles. The Kier molecular flexibility index (Phi) is 4.68. The van der Waals surface area contributed by atoms with E-state index in [1.165, 1.54) is 11.8 Å². The number of hydrogen-bond donors (Lipinski definition) is 0. The van der Waals surface area contributed by atoms with Gasteiger partial charge < -0.3 is 4.42 Å². The molecule has 0 fully saturated rings. The Morgan fingerprint density at radius 1 is 1.09 bits per heavy atom. The van der Waals surface area contributed by atoms with Gasteiger partial charge in [-0.25, -0.2) is 8.42 Å². The van der Waals surface area contributed by atoms with Crippen LogP contribution in [0.3, 0.4) is 0 Å². The summed E-state index contributed by atoms with van der Waals surface area (Å²) >= 11 is 1.26. The number of rotatable bonds is 6. The quantitative estimate of drug-likeness (QED) is 0.636. The fourth-order valence-corrected chi connectivity index (χ4v) is 4.24. The first-order valence-electron chi connectivity index (χ1n) is 7.24. The van der Waals surface area contributed by atoms with Crippen molar-refractivity contribution in [2.45, 2.75) is 12.1 Å². The van der Waals surface area contributed by atoms with Gasteiger partial charge in [0.25, 0.3) is 5.22 Å². The molecule has 0 bridgehead atoms. The summed E-state index contributed by atoms with van der Waals surface area (Å²) in [5, 5.41) is 10.6. The molecule has 0 aliphatic heterocycles. The lowest BCUT2D eigenvalue weighted by Gasteiger charge is -2.01. The first-order chi connectivity index (χ1) is 11.1. The molecule has 3 aromatic rings. The minimum atomic E-state index is -2.97. The minimum absolute atomic E-state index is 0.111. The summed E-state index contributed by atoms with van der Waals surface area (Å²) in [7, 11) is -2.97. The fourth-order valence-electron chi connectivity index (χ4n) is 2.19. The van der Waals surface area contributed by atoms with E-state index < -0.39 is 9.84 Å². The van der Waals surface area contributed by atoms with Gasteiger partial charge >= 0.3 is 0 Å². The van der Waals surface area contributed by atoms with Crippen LogP contribution >= 0.6 is 11.8 Å². The van der Waals surface area contributed by atoms with Crippen molar-refractivity contribution in [3.63, 3.8) is 0 Å². The zero-order chi connectivity index (χ0) is 16.3. The highest BCUT2D eigenvalue weighted by Crippen LogP contribution is 2.29. The number of aromatic nitrogens is 2. The number of benzene rings is 2. The molecule has 1 heterocycles. The average molecular weight is 348 g/mol. The monoisotopic (exact) mass is 348 g/mol. The molecule has 0 saturated heterocycles. The summed E-state index contributed by atoms with van der Waals surface area (Å²) in [6.07, 6.45) is 0. The number of hydrogen-bond acceptors (Lipinski definition) is 6. The summed E-state index contributed by atoms with van der Waals surface area (Å²) in [5.74, 6) is 1.12. The van der Waals surface area contributed by atoms with Crippen molar-refractivity contribution >= 4 is 32.4 Å². The van der Waals surface area contributed by atoms with Crippen LogP contribution in [0, 0.1) is 0 Å². The first-order valence-corrected chi connectivity index (χ1v) is 10.0. The van der Waals surface area contributed by atoms with Gasteiger partial charge in [-0.2, -0.15) is 0 Å². The van der Waals surface area contributed by atoms with Crippen LogP contribution in [-0.4, -0.2) is 35.9 Å². The molecule has 0 radical (unpaired) electrons. The van der Waals surface area contributed by atoms with Crippen molar-refractivity contribution < 1.29 is 12.8 Å². The highest BCUT2D eigenvalue weighted by atomic mass is 32.2. The van der Waals surface area contributed by atoms with Crippen LogP contribution in [0.1, 0.15) is 6.92 Å². The Balaban J connectivity index is 1.79. The van der Waals surface area contributed by atoms with Crippen molar-refractivity contribution in [2.24, 2.45) is 0 Å². The van der Waals surface area contributed by atoms with Crippen LogP contribution in [0.2, 0.25) is 0 Å². The number of sulfone groups is 1. The molecule has 0 amide bonds. The second-order valence-electron chi connectivity index (χ2n) is 4.98. The maximum Gasteiger partial charge on any atom is 0.276 e. The number of thioether (sulfide) groups is 1. The van der Waals surface area contributed by atoms with Crippen LogP contribution in [-0.2, 0) is 9.84 Å². The second-order valence-corrected chi connectivity index (χ2v) is 8.50. The summed E-state index contributed by atoms with van der Waals surface area (Å²) < 4.78 is 28.6. The van der Waals surface area contributed by atoms with E-state index in [0.29, 0.717) is 16.9 Å². The van der Waals surface area contributed by atoms with Crippen LogP contribution in [0.25, 0.3) is 22.2 Å². The van der Waals surface area contributed by atoms with Crippen LogP contribution < -0.4 is 0 Å². The fraction of sp³-hybridized carbons (Fsp3) is 0.250. The van der Waals surface area contributed by atoms with Gasteiger partial charge in [0, 0.05) is 17.1 Å². The standard InChI is InChI=1S/C16H16N2O3S2/c1-2-23(19,20)11-10-22-16-18-17-15(21-16)14-9-5-7-12-6-3-4-8-13(12)14/h3-9H,2,10-11H2,1H3. The van der Waals surface area contributed by atoms with E-state index in [2.05, 4.69) is 10.2 Å². The first kappa shape index (κ1) is 16.0. The normalized spacial score (nSPS) is 11.9. The van der Waals surface area contributed by atoms with E-state index in [0.717, 1.165) is 16.3 Å². The zero-order valence-electron chi connectivity index (χ0n) is 12.6. The van der Waals surface area contributed by atoms with Gasteiger partial charge in [-0.15, -0.1) is 10.2 Å². The van der Waals surface area contributed by atoms with Gasteiger partial charge in [-0.1, -0.05) is 55.1 Å². The smallest absolute Gasteiger partial charge is 0.276 e. The Labute approximate surface area is 139 Å². The summed E-state index contributed by atoms with van der Waals surface area (Å²) in [5.41, 5.74) is 0.878. The average Bonchev–Trinajstić information content (AvgIpc) is 3.03. The molecule has 2 aromatic carbocycles. The van der Waals surface area contributed by atoms with E-state index >= 15 is 0 Å². The number of fused-ring (bicyclic) bond motifs is 1. The van der Waals surface area contributed by atoms with Gasteiger partial charge in [0.1, 0.15) is 0 Å². The number of nitrogens with zero attached hydrogens (tertiary/aromatic N) is 2. The zero-order valence-corrected chi connectivity index (χ0v) is 14.2. The van der Waals surface area contributed by atoms with Gasteiger partial charge in [-0.3, -0.25) is 0 Å². The van der Waals surface area contributed by atoms with Crippen molar-refractivity contribution in [2.75, 3.05) is 17.3 Å². The van der Waals surface area contributed by atoms with Gasteiger partial charge in [-0.05, 0) is 16.8 Å². The molecule has 0 aliphatic rings. The molecular formula is C16H16N2O3S2. The van der Waals surface area contributed by atoms with Gasteiger partial charge in [0.05, 0.1) is 5.75 Å². The van der Waals surface area contributed by atoms with E-state index in [9.17, 15) is 8.42 Å². The largest absolute Gasteiger partial charge is 0.411 e. The van der Waals surface area contributed by atoms with Gasteiger partial charge in [0.2, 0.25) is 5.89 Å². The summed E-state index contributed by atoms with van der Waals surface area (Å²) in [6.45, 7) is 1.64. The van der Waals surface area contributed by atoms with E-state index in [1.807, 2.05) is 42.5 Å². The molecule has 120 valence electrons. The van der Waals surface area contributed by atoms with Crippen molar-refractivity contribution in [1.29, 1.82) is 0 Å². The highest BCUT2D eigenvalue weighted by molar-refractivity contribution is 8.00. The summed E-state index contributed by atoms with van der Waals surface area (Å²) in [4.78, 5) is 0. The molecule has 7 heteroatoms. The molecular weight excluding hydrogens is 332 g/mol. The van der Waals surface area contributed by atoms with Crippen molar-refractivity contribution in [3.8, 4) is 11.5 Å². The Bertz CT molecular complexity index is 914. The molecule has 0 atom stereocenters. The van der Waals surface area contributed by atoms with Crippen molar-refractivity contribution in [3.05, 3.63) is 42.5 Å². The molecule has 0 N–H and O–H groups in total. The third kappa shape index (κ3) is 3.73. The maximum atomic E-state index is 11.5. The van der Waals surface area contributed by atoms with Crippen LogP contribution in [0.5, 0.6) is 0 Å². The van der Waals surface area contributed by atoms with E-state index in [1.54, 1.807) is 6.92 Å². The maximum absolute atomic E-state index is 11.5. The molecule has 0 saturated carbocycles. The second kappa shape index (κ2) is 6.72. The van der Waals surface area contributed by atoms with Gasteiger partial charge in [0.15, 0.2) is 9.84 Å². The Morgan fingerprint density at radius 3 is 2.70 bits per heavy atom. The highest BCUT2D eigenvalue weighted by Gasteiger charge is 2.13. The lowest BCUT2D eigenvalue weighted by atomic mass is 10.0. The molecule has 3 rings (SSSR count).